The van der Waals surface area contributed by atoms with Gasteiger partial charge in [-0.05, 0) is 55.9 Å². The van der Waals surface area contributed by atoms with Crippen LogP contribution in [0.15, 0.2) is 11.8 Å². The lowest BCUT2D eigenvalue weighted by Crippen LogP contribution is -2.52. The molecule has 0 aromatic carbocycles. The Bertz CT molecular complexity index is 804. The monoisotopic (exact) mass is 408 g/mol. The predicted molar refractivity (Wildman–Crippen MR) is 88.4 cm³/mol. The van der Waals surface area contributed by atoms with Crippen molar-refractivity contribution in [3.05, 3.63) is 11.8 Å². The Balaban J connectivity index is 1.59. The summed E-state index contributed by atoms with van der Waals surface area (Å²) >= 11 is 0. The Morgan fingerprint density at radius 1 is 1.19 bits per heavy atom. The molecule has 6 atom stereocenters. The molecule has 3 aliphatic carbocycles. The highest BCUT2D eigenvalue weighted by Crippen LogP contribution is 2.65. The minimum Gasteiger partial charge on any atom is -0.462 e. The van der Waals surface area contributed by atoms with E-state index in [1.165, 1.54) is 6.08 Å². The van der Waals surface area contributed by atoms with Crippen LogP contribution in [0.4, 0.5) is 13.2 Å². The van der Waals surface area contributed by atoms with Gasteiger partial charge in [-0.3, -0.25) is 4.79 Å². The number of alkyl halides is 3. The van der Waals surface area contributed by atoms with Gasteiger partial charge in [0.2, 0.25) is 0 Å². The summed E-state index contributed by atoms with van der Waals surface area (Å²) in [5, 5.41) is 0. The van der Waals surface area contributed by atoms with Crippen molar-refractivity contribution in [2.75, 3.05) is 0 Å². The molecule has 1 saturated heterocycles. The van der Waals surface area contributed by atoms with Crippen LogP contribution in [0.5, 0.6) is 0 Å². The quantitative estimate of drug-likeness (QED) is 0.394. The highest BCUT2D eigenvalue weighted by Gasteiger charge is 2.62. The van der Waals surface area contributed by atoms with Crippen molar-refractivity contribution < 1.29 is 35.3 Å². The van der Waals surface area contributed by atoms with Crippen LogP contribution in [0.3, 0.4) is 0 Å². The van der Waals surface area contributed by atoms with Crippen LogP contribution in [-0.2, 0) is 23.8 Å². The lowest BCUT2D eigenvalue weighted by Gasteiger charge is -2.55. The highest BCUT2D eigenvalue weighted by molar-refractivity contribution is 7.87. The fraction of sp³-hybridized carbons (Fsp3) is 0.833. The van der Waals surface area contributed by atoms with Crippen LogP contribution in [0.1, 0.15) is 52.4 Å². The third-order valence-electron chi connectivity index (χ3n) is 7.57. The number of halogens is 3. The third kappa shape index (κ3) is 2.63. The van der Waals surface area contributed by atoms with E-state index in [1.54, 1.807) is 0 Å². The molecular formula is C18H23F3O5S. The van der Waals surface area contributed by atoms with Crippen LogP contribution in [0.2, 0.25) is 0 Å². The molecule has 2 saturated carbocycles. The molecule has 4 aliphatic rings. The van der Waals surface area contributed by atoms with Gasteiger partial charge in [0.15, 0.2) is 0 Å². The molecule has 152 valence electrons. The number of esters is 1. The van der Waals surface area contributed by atoms with E-state index >= 15 is 0 Å². The van der Waals surface area contributed by atoms with Crippen LogP contribution >= 0.6 is 0 Å². The summed E-state index contributed by atoms with van der Waals surface area (Å²) in [5.41, 5.74) is -6.41. The van der Waals surface area contributed by atoms with Gasteiger partial charge >= 0.3 is 21.6 Å². The molecule has 1 unspecified atom stereocenters. The van der Waals surface area contributed by atoms with Gasteiger partial charge in [0.1, 0.15) is 11.9 Å². The molecular weight excluding hydrogens is 385 g/mol. The molecule has 0 N–H and O–H groups in total. The van der Waals surface area contributed by atoms with Crippen molar-refractivity contribution in [3.63, 3.8) is 0 Å². The van der Waals surface area contributed by atoms with Crippen molar-refractivity contribution in [1.82, 2.24) is 0 Å². The Labute approximate surface area is 156 Å². The van der Waals surface area contributed by atoms with E-state index in [4.69, 9.17) is 4.74 Å². The van der Waals surface area contributed by atoms with E-state index in [-0.39, 0.29) is 41.0 Å². The van der Waals surface area contributed by atoms with E-state index in [0.29, 0.717) is 25.7 Å². The lowest BCUT2D eigenvalue weighted by atomic mass is 9.49. The highest BCUT2D eigenvalue weighted by atomic mass is 32.2. The molecule has 27 heavy (non-hydrogen) atoms. The number of carbonyl (C=O) groups excluding carboxylic acids is 1. The second-order valence-corrected chi connectivity index (χ2v) is 10.4. The molecule has 4 rings (SSSR count). The van der Waals surface area contributed by atoms with Crippen molar-refractivity contribution in [3.8, 4) is 0 Å². The first-order valence-electron chi connectivity index (χ1n) is 9.29. The fourth-order valence-corrected chi connectivity index (χ4v) is 6.78. The van der Waals surface area contributed by atoms with E-state index in [9.17, 15) is 26.4 Å². The summed E-state index contributed by atoms with van der Waals surface area (Å²) in [7, 11) is -5.67. The second kappa shape index (κ2) is 5.64. The zero-order chi connectivity index (χ0) is 19.8. The Morgan fingerprint density at radius 2 is 1.89 bits per heavy atom. The van der Waals surface area contributed by atoms with Crippen LogP contribution in [-0.4, -0.2) is 26.0 Å². The SMILES string of the molecule is C[C@]12CC(=O)OC1CC[C@@H]1[C@@H]2CC[C@]2(C)C(OS(=O)(=O)C(F)(F)F)=CC[C@@H]12. The van der Waals surface area contributed by atoms with Crippen molar-refractivity contribution in [1.29, 1.82) is 0 Å². The number of hydrogen-bond acceptors (Lipinski definition) is 5. The molecule has 0 amide bonds. The Kier molecular flexibility index (Phi) is 3.99. The van der Waals surface area contributed by atoms with E-state index < -0.39 is 21.0 Å². The summed E-state index contributed by atoms with van der Waals surface area (Å²) < 4.78 is 71.3. The van der Waals surface area contributed by atoms with Gasteiger partial charge in [-0.2, -0.15) is 21.6 Å². The topological polar surface area (TPSA) is 69.7 Å². The number of fused-ring (bicyclic) bond motifs is 5. The molecule has 1 aliphatic heterocycles. The van der Waals surface area contributed by atoms with E-state index in [1.807, 2.05) is 6.92 Å². The summed E-state index contributed by atoms with van der Waals surface area (Å²) in [5.74, 6) is 0.219. The zero-order valence-electron chi connectivity index (χ0n) is 15.2. The molecule has 0 bridgehead atoms. The van der Waals surface area contributed by atoms with Crippen molar-refractivity contribution >= 4 is 16.1 Å². The van der Waals surface area contributed by atoms with Gasteiger partial charge in [-0.1, -0.05) is 13.8 Å². The lowest BCUT2D eigenvalue weighted by molar-refractivity contribution is -0.145. The number of allylic oxidation sites excluding steroid dienone is 2. The van der Waals surface area contributed by atoms with Gasteiger partial charge in [0.05, 0.1) is 6.42 Å². The normalized spacial score (nSPS) is 44.0. The van der Waals surface area contributed by atoms with Crippen LogP contribution in [0.25, 0.3) is 0 Å². The number of hydrogen-bond donors (Lipinski definition) is 0. The van der Waals surface area contributed by atoms with Gasteiger partial charge in [0.25, 0.3) is 0 Å². The first kappa shape index (κ1) is 19.1. The maximum Gasteiger partial charge on any atom is 0.534 e. The van der Waals surface area contributed by atoms with Crippen molar-refractivity contribution in [2.45, 2.75) is 64.0 Å². The average molecular weight is 408 g/mol. The van der Waals surface area contributed by atoms with Crippen LogP contribution in [0, 0.1) is 28.6 Å². The molecule has 3 fully saturated rings. The second-order valence-electron chi connectivity index (χ2n) is 8.86. The molecule has 0 aromatic rings. The third-order valence-corrected chi connectivity index (χ3v) is 8.54. The van der Waals surface area contributed by atoms with Gasteiger partial charge in [-0.25, -0.2) is 0 Å². The molecule has 9 heteroatoms. The predicted octanol–water partition coefficient (Wildman–Crippen LogP) is 3.90. The van der Waals surface area contributed by atoms with E-state index in [2.05, 4.69) is 11.1 Å². The maximum absolute atomic E-state index is 12.8. The molecule has 0 aromatic heterocycles. The van der Waals surface area contributed by atoms with Crippen molar-refractivity contribution in [2.24, 2.45) is 28.6 Å². The first-order valence-corrected chi connectivity index (χ1v) is 10.7. The molecule has 0 spiro atoms. The van der Waals surface area contributed by atoms with E-state index in [0.717, 1.165) is 12.8 Å². The molecule has 5 nitrogen and oxygen atoms in total. The number of rotatable bonds is 2. The number of ether oxygens (including phenoxy) is 1. The van der Waals surface area contributed by atoms with Gasteiger partial charge < -0.3 is 8.92 Å². The zero-order valence-corrected chi connectivity index (χ0v) is 16.0. The molecule has 0 radical (unpaired) electrons. The first-order chi connectivity index (χ1) is 12.4. The van der Waals surface area contributed by atoms with Gasteiger partial charge in [-0.15, -0.1) is 0 Å². The molecule has 1 heterocycles. The maximum atomic E-state index is 12.8. The largest absolute Gasteiger partial charge is 0.534 e. The Morgan fingerprint density at radius 3 is 2.56 bits per heavy atom. The summed E-state index contributed by atoms with van der Waals surface area (Å²) in [6.07, 6.45) is 5.12. The number of carbonyl (C=O) groups is 1. The average Bonchev–Trinajstić information content (AvgIpc) is 3.01. The summed E-state index contributed by atoms with van der Waals surface area (Å²) in [6.45, 7) is 3.89. The standard InChI is InChI=1S/C18H23F3O5S/c1-16-8-7-12-10(3-5-13-17(12,2)9-15(22)25-13)11(16)4-6-14(16)26-27(23,24)18(19,20)21/h6,10-13H,3-5,7-9H2,1-2H3/t10-,11-,12-,13?,16-,17+/m0/s1. The smallest absolute Gasteiger partial charge is 0.462 e. The summed E-state index contributed by atoms with van der Waals surface area (Å²) in [4.78, 5) is 11.9. The fourth-order valence-electron chi connectivity index (χ4n) is 6.19. The summed E-state index contributed by atoms with van der Waals surface area (Å²) in [6, 6.07) is 0. The van der Waals surface area contributed by atoms with Gasteiger partial charge in [0, 0.05) is 10.8 Å². The minimum absolute atomic E-state index is 0.0168. The Hall–Kier alpha value is -1.25. The minimum atomic E-state index is -5.67. The van der Waals surface area contributed by atoms with Crippen LogP contribution < -0.4 is 0 Å².